The number of morpholine rings is 1. The van der Waals surface area contributed by atoms with Crippen LogP contribution in [-0.4, -0.2) is 30.6 Å². The van der Waals surface area contributed by atoms with Crippen LogP contribution in [0.4, 0.5) is 4.39 Å². The Kier molecular flexibility index (Phi) is 4.72. The number of hydrogen-bond donors (Lipinski definition) is 0. The van der Waals surface area contributed by atoms with Gasteiger partial charge in [-0.3, -0.25) is 4.79 Å². The lowest BCUT2D eigenvalue weighted by atomic mass is 10.0. The van der Waals surface area contributed by atoms with Gasteiger partial charge in [-0.2, -0.15) is 0 Å². The Morgan fingerprint density at radius 2 is 1.87 bits per heavy atom. The fourth-order valence-corrected chi connectivity index (χ4v) is 2.85. The van der Waals surface area contributed by atoms with E-state index in [-0.39, 0.29) is 17.8 Å². The van der Waals surface area contributed by atoms with Crippen LogP contribution < -0.4 is 0 Å². The maximum absolute atomic E-state index is 13.1. The van der Waals surface area contributed by atoms with Crippen LogP contribution in [-0.2, 0) is 16.0 Å². The van der Waals surface area contributed by atoms with Gasteiger partial charge in [0.1, 0.15) is 5.82 Å². The fourth-order valence-electron chi connectivity index (χ4n) is 2.85. The fraction of sp³-hybridized carbons (Fsp3) is 0.316. The molecule has 1 saturated heterocycles. The topological polar surface area (TPSA) is 29.5 Å². The molecule has 2 aromatic rings. The Hall–Kier alpha value is -2.20. The minimum Gasteiger partial charge on any atom is -0.377 e. The predicted molar refractivity (Wildman–Crippen MR) is 86.6 cm³/mol. The van der Waals surface area contributed by atoms with Gasteiger partial charge in [0.05, 0.1) is 25.7 Å². The molecule has 0 aliphatic carbocycles. The molecular weight excluding hydrogens is 293 g/mol. The lowest BCUT2D eigenvalue weighted by Crippen LogP contribution is -2.44. The molecule has 4 heteroatoms. The second kappa shape index (κ2) is 6.92. The Bertz CT molecular complexity index is 667. The predicted octanol–water partition coefficient (Wildman–Crippen LogP) is 3.28. The van der Waals surface area contributed by atoms with Crippen molar-refractivity contribution in [2.24, 2.45) is 0 Å². The van der Waals surface area contributed by atoms with Crippen molar-refractivity contribution in [2.75, 3.05) is 19.8 Å². The first kappa shape index (κ1) is 15.7. The van der Waals surface area contributed by atoms with Crippen LogP contribution in [0.15, 0.2) is 48.5 Å². The summed E-state index contributed by atoms with van der Waals surface area (Å²) < 4.78 is 18.6. The van der Waals surface area contributed by atoms with E-state index in [1.54, 1.807) is 12.1 Å². The van der Waals surface area contributed by atoms with E-state index in [4.69, 9.17) is 4.74 Å². The van der Waals surface area contributed by atoms with Crippen LogP contribution in [0.5, 0.6) is 0 Å². The molecule has 0 radical (unpaired) electrons. The van der Waals surface area contributed by atoms with E-state index in [2.05, 4.69) is 0 Å². The van der Waals surface area contributed by atoms with E-state index >= 15 is 0 Å². The highest BCUT2D eigenvalue weighted by Gasteiger charge is 2.28. The van der Waals surface area contributed by atoms with Gasteiger partial charge >= 0.3 is 0 Å². The molecule has 0 spiro atoms. The Labute approximate surface area is 135 Å². The highest BCUT2D eigenvalue weighted by atomic mass is 19.1. The number of ether oxygens (including phenoxy) is 1. The number of aryl methyl sites for hydroxylation is 1. The molecule has 1 fully saturated rings. The monoisotopic (exact) mass is 313 g/mol. The Morgan fingerprint density at radius 3 is 2.57 bits per heavy atom. The lowest BCUT2D eigenvalue weighted by molar-refractivity contribution is -0.139. The summed E-state index contributed by atoms with van der Waals surface area (Å²) >= 11 is 0. The van der Waals surface area contributed by atoms with E-state index < -0.39 is 0 Å². The zero-order valence-corrected chi connectivity index (χ0v) is 13.2. The number of halogens is 1. The van der Waals surface area contributed by atoms with E-state index in [9.17, 15) is 9.18 Å². The number of amides is 1. The van der Waals surface area contributed by atoms with Crippen LogP contribution in [0.3, 0.4) is 0 Å². The highest BCUT2D eigenvalue weighted by molar-refractivity contribution is 5.79. The molecule has 1 unspecified atom stereocenters. The van der Waals surface area contributed by atoms with Crippen molar-refractivity contribution in [1.82, 2.24) is 4.90 Å². The van der Waals surface area contributed by atoms with Crippen molar-refractivity contribution in [1.29, 1.82) is 0 Å². The SMILES string of the molecule is Cc1ccc(CC(=O)N2CCOCC2c2ccc(F)cc2)cc1. The van der Waals surface area contributed by atoms with E-state index in [0.29, 0.717) is 26.2 Å². The number of benzene rings is 2. The molecule has 1 atom stereocenters. The number of hydrogen-bond acceptors (Lipinski definition) is 2. The largest absolute Gasteiger partial charge is 0.377 e. The third kappa shape index (κ3) is 3.77. The minimum absolute atomic E-state index is 0.0754. The summed E-state index contributed by atoms with van der Waals surface area (Å²) in [7, 11) is 0. The molecule has 3 nitrogen and oxygen atoms in total. The maximum atomic E-state index is 13.1. The molecule has 0 saturated carbocycles. The Balaban J connectivity index is 1.76. The van der Waals surface area contributed by atoms with Crippen LogP contribution >= 0.6 is 0 Å². The minimum atomic E-state index is -0.275. The van der Waals surface area contributed by atoms with Gasteiger partial charge in [-0.25, -0.2) is 4.39 Å². The van der Waals surface area contributed by atoms with Crippen molar-refractivity contribution in [3.8, 4) is 0 Å². The van der Waals surface area contributed by atoms with E-state index in [1.807, 2.05) is 36.1 Å². The van der Waals surface area contributed by atoms with Crippen molar-refractivity contribution in [3.63, 3.8) is 0 Å². The number of carbonyl (C=O) groups excluding carboxylic acids is 1. The summed E-state index contributed by atoms with van der Waals surface area (Å²) in [5.41, 5.74) is 3.09. The van der Waals surface area contributed by atoms with Crippen LogP contribution in [0.25, 0.3) is 0 Å². The quantitative estimate of drug-likeness (QED) is 0.870. The van der Waals surface area contributed by atoms with Crippen molar-refractivity contribution in [2.45, 2.75) is 19.4 Å². The van der Waals surface area contributed by atoms with Gasteiger partial charge in [-0.05, 0) is 30.2 Å². The van der Waals surface area contributed by atoms with Gasteiger partial charge in [0, 0.05) is 6.54 Å². The van der Waals surface area contributed by atoms with Crippen LogP contribution in [0.1, 0.15) is 22.7 Å². The first-order valence-corrected chi connectivity index (χ1v) is 7.82. The summed E-state index contributed by atoms with van der Waals surface area (Å²) in [6, 6.07) is 14.1. The third-order valence-electron chi connectivity index (χ3n) is 4.18. The molecule has 23 heavy (non-hydrogen) atoms. The van der Waals surface area contributed by atoms with Crippen LogP contribution in [0, 0.1) is 12.7 Å². The molecule has 0 N–H and O–H groups in total. The summed E-state index contributed by atoms with van der Waals surface area (Å²) in [6.07, 6.45) is 0.373. The normalized spacial score (nSPS) is 18.0. The molecule has 1 heterocycles. The lowest BCUT2D eigenvalue weighted by Gasteiger charge is -2.36. The average Bonchev–Trinajstić information content (AvgIpc) is 2.58. The van der Waals surface area contributed by atoms with Gasteiger partial charge in [0.2, 0.25) is 5.91 Å². The Morgan fingerprint density at radius 1 is 1.17 bits per heavy atom. The molecule has 120 valence electrons. The molecule has 0 aromatic heterocycles. The van der Waals surface area contributed by atoms with E-state index in [0.717, 1.165) is 11.1 Å². The number of nitrogens with zero attached hydrogens (tertiary/aromatic N) is 1. The second-order valence-electron chi connectivity index (χ2n) is 5.89. The van der Waals surface area contributed by atoms with Crippen molar-refractivity contribution < 1.29 is 13.9 Å². The van der Waals surface area contributed by atoms with Gasteiger partial charge in [-0.1, -0.05) is 42.0 Å². The molecule has 1 amide bonds. The van der Waals surface area contributed by atoms with Crippen LogP contribution in [0.2, 0.25) is 0 Å². The van der Waals surface area contributed by atoms with Crippen molar-refractivity contribution >= 4 is 5.91 Å². The first-order chi connectivity index (χ1) is 11.1. The average molecular weight is 313 g/mol. The van der Waals surface area contributed by atoms with Gasteiger partial charge in [0.15, 0.2) is 0 Å². The zero-order valence-electron chi connectivity index (χ0n) is 13.2. The van der Waals surface area contributed by atoms with E-state index in [1.165, 1.54) is 17.7 Å². The number of carbonyl (C=O) groups is 1. The highest BCUT2D eigenvalue weighted by Crippen LogP contribution is 2.25. The standard InChI is InChI=1S/C19H20FNO2/c1-14-2-4-15(5-3-14)12-19(22)21-10-11-23-13-18(21)16-6-8-17(20)9-7-16/h2-9,18H,10-13H2,1H3. The maximum Gasteiger partial charge on any atom is 0.227 e. The number of rotatable bonds is 3. The molecule has 1 aliphatic rings. The van der Waals surface area contributed by atoms with Crippen molar-refractivity contribution in [3.05, 3.63) is 71.0 Å². The molecule has 2 aromatic carbocycles. The third-order valence-corrected chi connectivity index (χ3v) is 4.18. The summed E-state index contributed by atoms with van der Waals surface area (Å²) in [6.45, 7) is 3.58. The summed E-state index contributed by atoms with van der Waals surface area (Å²) in [4.78, 5) is 14.5. The summed E-state index contributed by atoms with van der Waals surface area (Å²) in [5, 5.41) is 0. The molecule has 1 aliphatic heterocycles. The van der Waals surface area contributed by atoms with Gasteiger partial charge in [0.25, 0.3) is 0 Å². The smallest absolute Gasteiger partial charge is 0.227 e. The van der Waals surface area contributed by atoms with Gasteiger partial charge < -0.3 is 9.64 Å². The second-order valence-corrected chi connectivity index (χ2v) is 5.89. The summed E-state index contributed by atoms with van der Waals surface area (Å²) in [5.74, 6) is -0.200. The molecule has 0 bridgehead atoms. The zero-order chi connectivity index (χ0) is 16.2. The van der Waals surface area contributed by atoms with Gasteiger partial charge in [-0.15, -0.1) is 0 Å². The molecular formula is C19H20FNO2. The molecule has 3 rings (SSSR count). The first-order valence-electron chi connectivity index (χ1n) is 7.82.